The zero-order valence-electron chi connectivity index (χ0n) is 17.4. The minimum absolute atomic E-state index is 0.796. The second-order valence-electron chi connectivity index (χ2n) is 7.89. The standard InChI is InChI=1S/C28H24N2/c1-3-20-16-19(2)29-28(26-15-13-22-9-5-7-11-24(22)18-26)30-27(20)25-14-12-21-8-4-6-10-23(21)17-25/h4-15,17-18H,3,16H2,1-2H3. The highest BCUT2D eigenvalue weighted by Gasteiger charge is 2.16. The number of nitrogens with zero attached hydrogens (tertiary/aromatic N) is 2. The molecule has 1 aliphatic heterocycles. The Morgan fingerprint density at radius 3 is 1.87 bits per heavy atom. The average molecular weight is 389 g/mol. The van der Waals surface area contributed by atoms with Crippen LogP contribution < -0.4 is 0 Å². The van der Waals surface area contributed by atoms with Crippen LogP contribution >= 0.6 is 0 Å². The molecular formula is C28H24N2. The first-order chi connectivity index (χ1) is 14.7. The van der Waals surface area contributed by atoms with Crippen molar-refractivity contribution in [1.29, 1.82) is 0 Å². The third kappa shape index (κ3) is 3.46. The van der Waals surface area contributed by atoms with Crippen molar-refractivity contribution in [3.8, 4) is 0 Å². The third-order valence-corrected chi connectivity index (χ3v) is 5.78. The Morgan fingerprint density at radius 1 is 0.667 bits per heavy atom. The summed E-state index contributed by atoms with van der Waals surface area (Å²) >= 11 is 0. The molecule has 0 amide bonds. The van der Waals surface area contributed by atoms with Crippen LogP contribution in [0.5, 0.6) is 0 Å². The van der Waals surface area contributed by atoms with E-state index in [-0.39, 0.29) is 0 Å². The van der Waals surface area contributed by atoms with Crippen LogP contribution in [0.25, 0.3) is 27.2 Å². The van der Waals surface area contributed by atoms with Crippen LogP contribution in [0.3, 0.4) is 0 Å². The fourth-order valence-electron chi connectivity index (χ4n) is 4.18. The van der Waals surface area contributed by atoms with Crippen LogP contribution in [-0.2, 0) is 0 Å². The molecule has 4 aromatic rings. The molecule has 1 heterocycles. The summed E-state index contributed by atoms with van der Waals surface area (Å²) in [5.74, 6) is 0.796. The summed E-state index contributed by atoms with van der Waals surface area (Å²) in [5, 5.41) is 4.93. The van der Waals surface area contributed by atoms with Gasteiger partial charge in [-0.25, -0.2) is 9.98 Å². The Hall–Kier alpha value is -3.52. The van der Waals surface area contributed by atoms with Gasteiger partial charge in [0.2, 0.25) is 0 Å². The normalized spacial score (nSPS) is 14.6. The number of amidine groups is 1. The van der Waals surface area contributed by atoms with E-state index in [4.69, 9.17) is 9.98 Å². The number of fused-ring (bicyclic) bond motifs is 2. The molecule has 1 aliphatic rings. The zero-order valence-corrected chi connectivity index (χ0v) is 17.4. The molecule has 0 N–H and O–H groups in total. The van der Waals surface area contributed by atoms with Gasteiger partial charge in [-0.15, -0.1) is 0 Å². The second kappa shape index (κ2) is 7.72. The number of rotatable bonds is 3. The Morgan fingerprint density at radius 2 is 1.23 bits per heavy atom. The van der Waals surface area contributed by atoms with Crippen molar-refractivity contribution in [3.05, 3.63) is 102 Å². The van der Waals surface area contributed by atoms with Gasteiger partial charge in [-0.05, 0) is 52.6 Å². The zero-order chi connectivity index (χ0) is 20.5. The minimum atomic E-state index is 0.796. The quantitative estimate of drug-likeness (QED) is 0.349. The molecule has 0 radical (unpaired) electrons. The summed E-state index contributed by atoms with van der Waals surface area (Å²) in [6.45, 7) is 4.32. The first-order valence-electron chi connectivity index (χ1n) is 10.5. The van der Waals surface area contributed by atoms with E-state index in [9.17, 15) is 0 Å². The molecule has 4 aromatic carbocycles. The summed E-state index contributed by atoms with van der Waals surface area (Å²) in [7, 11) is 0. The lowest BCUT2D eigenvalue weighted by Gasteiger charge is -2.10. The van der Waals surface area contributed by atoms with Crippen LogP contribution in [0, 0.1) is 0 Å². The monoisotopic (exact) mass is 388 g/mol. The van der Waals surface area contributed by atoms with Gasteiger partial charge in [-0.2, -0.15) is 0 Å². The molecule has 2 heteroatoms. The van der Waals surface area contributed by atoms with E-state index in [2.05, 4.69) is 98.8 Å². The van der Waals surface area contributed by atoms with Crippen molar-refractivity contribution < 1.29 is 0 Å². The molecule has 5 rings (SSSR count). The molecule has 2 nitrogen and oxygen atoms in total. The molecule has 0 aliphatic carbocycles. The number of hydrogen-bond donors (Lipinski definition) is 0. The van der Waals surface area contributed by atoms with Gasteiger partial charge in [-0.3, -0.25) is 0 Å². The van der Waals surface area contributed by atoms with E-state index < -0.39 is 0 Å². The summed E-state index contributed by atoms with van der Waals surface area (Å²) in [6, 6.07) is 30.0. The highest BCUT2D eigenvalue weighted by Crippen LogP contribution is 2.31. The summed E-state index contributed by atoms with van der Waals surface area (Å²) < 4.78 is 0. The molecule has 0 spiro atoms. The van der Waals surface area contributed by atoms with Gasteiger partial charge in [0.1, 0.15) is 0 Å². The third-order valence-electron chi connectivity index (χ3n) is 5.78. The van der Waals surface area contributed by atoms with E-state index >= 15 is 0 Å². The largest absolute Gasteiger partial charge is 0.238 e. The highest BCUT2D eigenvalue weighted by molar-refractivity contribution is 6.12. The molecule has 0 atom stereocenters. The van der Waals surface area contributed by atoms with Gasteiger partial charge < -0.3 is 0 Å². The topological polar surface area (TPSA) is 24.7 Å². The molecule has 0 aromatic heterocycles. The Bertz CT molecular complexity index is 1360. The summed E-state index contributed by atoms with van der Waals surface area (Å²) in [5.41, 5.74) is 5.72. The van der Waals surface area contributed by atoms with Crippen molar-refractivity contribution in [2.75, 3.05) is 0 Å². The molecule has 0 unspecified atom stereocenters. The lowest BCUT2D eigenvalue weighted by molar-refractivity contribution is 1.05. The molecule has 0 bridgehead atoms. The maximum Gasteiger partial charge on any atom is 0.159 e. The van der Waals surface area contributed by atoms with Crippen LogP contribution in [0.2, 0.25) is 0 Å². The predicted octanol–water partition coefficient (Wildman–Crippen LogP) is 7.43. The van der Waals surface area contributed by atoms with Crippen molar-refractivity contribution in [1.82, 2.24) is 0 Å². The lowest BCUT2D eigenvalue weighted by atomic mass is 9.98. The minimum Gasteiger partial charge on any atom is -0.238 e. The van der Waals surface area contributed by atoms with E-state index in [0.29, 0.717) is 0 Å². The SMILES string of the molecule is CCC1=C(c2ccc3ccccc3c2)N=C(c2ccc3ccccc3c2)N=C(C)C1. The van der Waals surface area contributed by atoms with Crippen LogP contribution in [-0.4, -0.2) is 11.5 Å². The van der Waals surface area contributed by atoms with Crippen molar-refractivity contribution >= 4 is 38.8 Å². The predicted molar refractivity (Wildman–Crippen MR) is 129 cm³/mol. The van der Waals surface area contributed by atoms with Gasteiger partial charge in [0, 0.05) is 23.3 Å². The summed E-state index contributed by atoms with van der Waals surface area (Å²) in [6.07, 6.45) is 1.82. The number of aliphatic imine (C=N–C) groups is 2. The average Bonchev–Trinajstić information content (AvgIpc) is 2.97. The molecule has 146 valence electrons. The highest BCUT2D eigenvalue weighted by atomic mass is 14.9. The van der Waals surface area contributed by atoms with Gasteiger partial charge >= 0.3 is 0 Å². The van der Waals surface area contributed by atoms with Gasteiger partial charge in [0.25, 0.3) is 0 Å². The first-order valence-corrected chi connectivity index (χ1v) is 10.5. The van der Waals surface area contributed by atoms with E-state index in [1.54, 1.807) is 0 Å². The lowest BCUT2D eigenvalue weighted by Crippen LogP contribution is -2.00. The number of allylic oxidation sites excluding steroid dienone is 1. The number of hydrogen-bond acceptors (Lipinski definition) is 2. The molecule has 0 fully saturated rings. The maximum absolute atomic E-state index is 5.14. The number of benzene rings is 4. The Labute approximate surface area is 177 Å². The van der Waals surface area contributed by atoms with Crippen molar-refractivity contribution in [2.45, 2.75) is 26.7 Å². The first kappa shape index (κ1) is 18.5. The Kier molecular flexibility index (Phi) is 4.76. The smallest absolute Gasteiger partial charge is 0.159 e. The van der Waals surface area contributed by atoms with Crippen LogP contribution in [0.15, 0.2) is 100 Å². The van der Waals surface area contributed by atoms with Crippen molar-refractivity contribution in [2.24, 2.45) is 9.98 Å². The van der Waals surface area contributed by atoms with Crippen LogP contribution in [0.1, 0.15) is 37.8 Å². The molecule has 0 saturated heterocycles. The van der Waals surface area contributed by atoms with Crippen LogP contribution in [0.4, 0.5) is 0 Å². The molecule has 0 saturated carbocycles. The van der Waals surface area contributed by atoms with E-state index in [0.717, 1.165) is 41.2 Å². The molecular weight excluding hydrogens is 364 g/mol. The van der Waals surface area contributed by atoms with E-state index in [1.807, 2.05) is 0 Å². The fraction of sp³-hybridized carbons (Fsp3) is 0.143. The van der Waals surface area contributed by atoms with Gasteiger partial charge in [0.15, 0.2) is 5.84 Å². The Balaban J connectivity index is 1.68. The molecule has 30 heavy (non-hydrogen) atoms. The summed E-state index contributed by atoms with van der Waals surface area (Å²) in [4.78, 5) is 10.1. The van der Waals surface area contributed by atoms with Gasteiger partial charge in [0.05, 0.1) is 5.70 Å². The van der Waals surface area contributed by atoms with E-state index in [1.165, 1.54) is 27.1 Å². The fourth-order valence-corrected chi connectivity index (χ4v) is 4.18. The van der Waals surface area contributed by atoms with Crippen molar-refractivity contribution in [3.63, 3.8) is 0 Å². The maximum atomic E-state index is 5.14. The van der Waals surface area contributed by atoms with Gasteiger partial charge in [-0.1, -0.05) is 79.7 Å². The second-order valence-corrected chi connectivity index (χ2v) is 7.89.